The van der Waals surface area contributed by atoms with Crippen molar-refractivity contribution in [1.82, 2.24) is 14.8 Å². The van der Waals surface area contributed by atoms with Gasteiger partial charge in [-0.1, -0.05) is 24.3 Å². The summed E-state index contributed by atoms with van der Waals surface area (Å²) in [6, 6.07) is 17.6. The molecule has 1 N–H and O–H groups in total. The van der Waals surface area contributed by atoms with Crippen molar-refractivity contribution in [2.75, 3.05) is 11.9 Å². The van der Waals surface area contributed by atoms with Crippen molar-refractivity contribution in [3.8, 4) is 11.6 Å². The molecule has 2 aromatic carbocycles. The zero-order valence-corrected chi connectivity index (χ0v) is 17.6. The Morgan fingerprint density at radius 3 is 2.67 bits per heavy atom. The molecule has 0 aliphatic rings. The molecule has 0 aliphatic carbocycles. The van der Waals surface area contributed by atoms with Crippen LogP contribution in [0.15, 0.2) is 54.6 Å². The molecule has 0 bridgehead atoms. The van der Waals surface area contributed by atoms with Crippen LogP contribution in [0.1, 0.15) is 22.4 Å². The number of ether oxygens (including phenoxy) is 1. The average Bonchev–Trinajstić information content (AvgIpc) is 3.09. The van der Waals surface area contributed by atoms with Gasteiger partial charge in [0, 0.05) is 11.5 Å². The van der Waals surface area contributed by atoms with Crippen molar-refractivity contribution < 1.29 is 9.53 Å². The van der Waals surface area contributed by atoms with E-state index in [0.717, 1.165) is 39.0 Å². The number of nitrogens with zero attached hydrogens (tertiary/aromatic N) is 3. The highest BCUT2D eigenvalue weighted by atomic mass is 16.5. The van der Waals surface area contributed by atoms with E-state index in [1.165, 1.54) is 0 Å². The highest BCUT2D eigenvalue weighted by molar-refractivity contribution is 5.91. The van der Waals surface area contributed by atoms with Gasteiger partial charge in [0.25, 0.3) is 5.91 Å². The first-order chi connectivity index (χ1) is 14.4. The Morgan fingerprint density at radius 2 is 1.83 bits per heavy atom. The van der Waals surface area contributed by atoms with E-state index in [1.54, 1.807) is 4.68 Å². The molecule has 0 fully saturated rings. The molecule has 0 aliphatic heterocycles. The van der Waals surface area contributed by atoms with Crippen molar-refractivity contribution >= 4 is 22.6 Å². The largest absolute Gasteiger partial charge is 0.483 e. The molecule has 6 heteroatoms. The van der Waals surface area contributed by atoms with Gasteiger partial charge in [0.05, 0.1) is 11.2 Å². The zero-order chi connectivity index (χ0) is 21.3. The Morgan fingerprint density at radius 1 is 1.03 bits per heavy atom. The summed E-state index contributed by atoms with van der Waals surface area (Å²) in [7, 11) is 0. The van der Waals surface area contributed by atoms with E-state index < -0.39 is 0 Å². The van der Waals surface area contributed by atoms with Crippen LogP contribution in [0.2, 0.25) is 0 Å². The number of fused-ring (bicyclic) bond motifs is 1. The van der Waals surface area contributed by atoms with Crippen LogP contribution in [-0.4, -0.2) is 27.3 Å². The first-order valence-electron chi connectivity index (χ1n) is 9.84. The number of hydrogen-bond acceptors (Lipinski definition) is 4. The van der Waals surface area contributed by atoms with Crippen LogP contribution in [0.3, 0.4) is 0 Å². The molecule has 0 radical (unpaired) electrons. The van der Waals surface area contributed by atoms with E-state index in [-0.39, 0.29) is 12.5 Å². The number of aromatic nitrogens is 3. The number of aryl methyl sites for hydroxylation is 3. The minimum atomic E-state index is -0.254. The predicted octanol–water partition coefficient (Wildman–Crippen LogP) is 4.67. The lowest BCUT2D eigenvalue weighted by molar-refractivity contribution is -0.118. The molecule has 2 aromatic heterocycles. The Labute approximate surface area is 175 Å². The zero-order valence-electron chi connectivity index (χ0n) is 17.6. The Hall–Kier alpha value is -3.67. The number of carbonyl (C=O) groups excluding carboxylic acids is 1. The number of hydrogen-bond donors (Lipinski definition) is 1. The number of para-hydroxylation sites is 1. The molecule has 0 saturated carbocycles. The van der Waals surface area contributed by atoms with Gasteiger partial charge in [-0.3, -0.25) is 4.79 Å². The van der Waals surface area contributed by atoms with Gasteiger partial charge in [-0.05, 0) is 68.7 Å². The van der Waals surface area contributed by atoms with Gasteiger partial charge in [-0.15, -0.1) is 0 Å². The normalized spacial score (nSPS) is 10.9. The summed E-state index contributed by atoms with van der Waals surface area (Å²) in [5, 5.41) is 8.44. The Bertz CT molecular complexity index is 1240. The molecular weight excluding hydrogens is 376 g/mol. The van der Waals surface area contributed by atoms with Gasteiger partial charge >= 0.3 is 0 Å². The Balaban J connectivity index is 1.53. The van der Waals surface area contributed by atoms with Crippen LogP contribution < -0.4 is 10.1 Å². The monoisotopic (exact) mass is 400 g/mol. The molecule has 152 valence electrons. The molecule has 2 heterocycles. The van der Waals surface area contributed by atoms with Crippen LogP contribution in [0.25, 0.3) is 16.7 Å². The second-order valence-electron chi connectivity index (χ2n) is 7.49. The molecular formula is C24H24N4O2. The van der Waals surface area contributed by atoms with Crippen LogP contribution >= 0.6 is 0 Å². The summed E-state index contributed by atoms with van der Waals surface area (Å²) in [6.45, 7) is 7.83. The van der Waals surface area contributed by atoms with Gasteiger partial charge in [0.15, 0.2) is 12.4 Å². The molecule has 0 spiro atoms. The fourth-order valence-corrected chi connectivity index (χ4v) is 3.41. The van der Waals surface area contributed by atoms with E-state index in [0.29, 0.717) is 11.6 Å². The molecule has 0 atom stereocenters. The fourth-order valence-electron chi connectivity index (χ4n) is 3.41. The molecule has 4 aromatic rings. The predicted molar refractivity (Wildman–Crippen MR) is 118 cm³/mol. The smallest absolute Gasteiger partial charge is 0.263 e. The van der Waals surface area contributed by atoms with E-state index in [2.05, 4.69) is 21.5 Å². The summed E-state index contributed by atoms with van der Waals surface area (Å²) >= 11 is 0. The van der Waals surface area contributed by atoms with E-state index in [9.17, 15) is 4.79 Å². The highest BCUT2D eigenvalue weighted by Crippen LogP contribution is 2.23. The number of benzene rings is 2. The standard InChI is InChI=1S/C24H24N4O2/c1-15-11-16(2)18(4)21(12-15)30-14-24(29)26-23-13-17(3)27-28(23)22-10-9-19-7-5-6-8-20(19)25-22/h5-13H,14H2,1-4H3,(H,26,29). The molecule has 6 nitrogen and oxygen atoms in total. The minimum Gasteiger partial charge on any atom is -0.483 e. The third-order valence-corrected chi connectivity index (χ3v) is 5.02. The third kappa shape index (κ3) is 4.03. The maximum Gasteiger partial charge on any atom is 0.263 e. The van der Waals surface area contributed by atoms with Gasteiger partial charge in [0.2, 0.25) is 0 Å². The summed E-state index contributed by atoms with van der Waals surface area (Å²) in [5.74, 6) is 1.67. The molecule has 30 heavy (non-hydrogen) atoms. The number of amides is 1. The van der Waals surface area contributed by atoms with Crippen molar-refractivity contribution in [2.45, 2.75) is 27.7 Å². The van der Waals surface area contributed by atoms with Crippen LogP contribution in [0, 0.1) is 27.7 Å². The van der Waals surface area contributed by atoms with Crippen LogP contribution in [-0.2, 0) is 4.79 Å². The lowest BCUT2D eigenvalue weighted by atomic mass is 10.1. The molecule has 4 rings (SSSR count). The van der Waals surface area contributed by atoms with Crippen molar-refractivity contribution in [2.24, 2.45) is 0 Å². The van der Waals surface area contributed by atoms with Crippen LogP contribution in [0.4, 0.5) is 5.82 Å². The number of nitrogens with one attached hydrogen (secondary N) is 1. The second-order valence-corrected chi connectivity index (χ2v) is 7.49. The quantitative estimate of drug-likeness (QED) is 0.528. The van der Waals surface area contributed by atoms with Crippen molar-refractivity contribution in [1.29, 1.82) is 0 Å². The lowest BCUT2D eigenvalue weighted by Crippen LogP contribution is -2.22. The minimum absolute atomic E-state index is 0.0842. The lowest BCUT2D eigenvalue weighted by Gasteiger charge is -2.13. The summed E-state index contributed by atoms with van der Waals surface area (Å²) in [4.78, 5) is 17.2. The molecule has 1 amide bonds. The summed E-state index contributed by atoms with van der Waals surface area (Å²) < 4.78 is 7.43. The maximum atomic E-state index is 12.6. The van der Waals surface area contributed by atoms with Gasteiger partial charge in [-0.25, -0.2) is 4.98 Å². The average molecular weight is 400 g/mol. The van der Waals surface area contributed by atoms with Crippen LogP contribution in [0.5, 0.6) is 5.75 Å². The maximum absolute atomic E-state index is 12.6. The third-order valence-electron chi connectivity index (χ3n) is 5.02. The van der Waals surface area contributed by atoms with Crippen molar-refractivity contribution in [3.63, 3.8) is 0 Å². The summed E-state index contributed by atoms with van der Waals surface area (Å²) in [6.07, 6.45) is 0. The summed E-state index contributed by atoms with van der Waals surface area (Å²) in [5.41, 5.74) is 4.93. The number of rotatable bonds is 5. The molecule has 0 unspecified atom stereocenters. The van der Waals surface area contributed by atoms with Gasteiger partial charge < -0.3 is 10.1 Å². The number of carbonyl (C=O) groups is 1. The van der Waals surface area contributed by atoms with Gasteiger partial charge in [0.1, 0.15) is 11.6 Å². The topological polar surface area (TPSA) is 69.0 Å². The highest BCUT2D eigenvalue weighted by Gasteiger charge is 2.14. The van der Waals surface area contributed by atoms with Gasteiger partial charge in [-0.2, -0.15) is 9.78 Å². The van der Waals surface area contributed by atoms with E-state index in [4.69, 9.17) is 4.74 Å². The van der Waals surface area contributed by atoms with E-state index in [1.807, 2.05) is 76.2 Å². The number of anilines is 1. The first kappa shape index (κ1) is 19.6. The SMILES string of the molecule is Cc1cc(C)c(C)c(OCC(=O)Nc2cc(C)nn2-c2ccc3ccccc3n2)c1. The molecule has 0 saturated heterocycles. The van der Waals surface area contributed by atoms with Crippen molar-refractivity contribution in [3.05, 3.63) is 77.0 Å². The van der Waals surface area contributed by atoms with E-state index >= 15 is 0 Å². The Kier molecular flexibility index (Phi) is 5.23. The number of pyridine rings is 1. The second kappa shape index (κ2) is 7.99. The first-order valence-corrected chi connectivity index (χ1v) is 9.84. The fraction of sp³-hybridized carbons (Fsp3) is 0.208.